The quantitative estimate of drug-likeness (QED) is 0.304. The molecule has 0 fully saturated rings. The Morgan fingerprint density at radius 2 is 1.91 bits per heavy atom. The summed E-state index contributed by atoms with van der Waals surface area (Å²) >= 11 is 0. The Morgan fingerprint density at radius 3 is 2.72 bits per heavy atom. The monoisotopic (exact) mass is 425 g/mol. The van der Waals surface area contributed by atoms with Crippen LogP contribution in [-0.4, -0.2) is 23.2 Å². The molecule has 0 saturated carbocycles. The average molecular weight is 425 g/mol. The fourth-order valence-corrected chi connectivity index (χ4v) is 3.26. The van der Waals surface area contributed by atoms with E-state index in [9.17, 15) is 4.79 Å². The van der Waals surface area contributed by atoms with Crippen molar-refractivity contribution >= 4 is 29.1 Å². The third kappa shape index (κ3) is 4.92. The lowest BCUT2D eigenvalue weighted by atomic mass is 10.0. The van der Waals surface area contributed by atoms with E-state index >= 15 is 0 Å². The standard InChI is InChI=1S/C26H23N3O3/c1-18(2)32-25-14-6-4-12-21(25)24-17-22(20-11-3-5-13-23(20)28-24)26(30)29-27-15-7-9-19-10-8-16-31-19/h3-18H,1-2H3,(H,29,30). The highest BCUT2D eigenvalue weighted by Gasteiger charge is 2.16. The van der Waals surface area contributed by atoms with Crippen LogP contribution in [0.5, 0.6) is 5.75 Å². The number of fused-ring (bicyclic) bond motifs is 1. The molecule has 0 spiro atoms. The molecule has 2 heterocycles. The van der Waals surface area contributed by atoms with Crippen LogP contribution >= 0.6 is 0 Å². The van der Waals surface area contributed by atoms with Crippen molar-refractivity contribution in [2.75, 3.05) is 0 Å². The van der Waals surface area contributed by atoms with Crippen LogP contribution in [0.2, 0.25) is 0 Å². The number of hydrogen-bond acceptors (Lipinski definition) is 5. The highest BCUT2D eigenvalue weighted by Crippen LogP contribution is 2.32. The molecule has 0 atom stereocenters. The van der Waals surface area contributed by atoms with Crippen molar-refractivity contribution < 1.29 is 13.9 Å². The van der Waals surface area contributed by atoms with Crippen molar-refractivity contribution in [2.45, 2.75) is 20.0 Å². The SMILES string of the molecule is CC(C)Oc1ccccc1-c1cc(C(=O)NN=CC=Cc2ccco2)c2ccccc2n1. The molecule has 1 N–H and O–H groups in total. The fourth-order valence-electron chi connectivity index (χ4n) is 3.26. The molecular formula is C26H23N3O3. The van der Waals surface area contributed by atoms with Gasteiger partial charge < -0.3 is 9.15 Å². The number of hydrazone groups is 1. The number of benzene rings is 2. The van der Waals surface area contributed by atoms with Crippen LogP contribution in [-0.2, 0) is 0 Å². The number of nitrogens with zero attached hydrogens (tertiary/aromatic N) is 2. The van der Waals surface area contributed by atoms with E-state index in [0.29, 0.717) is 17.0 Å². The molecular weight excluding hydrogens is 402 g/mol. The van der Waals surface area contributed by atoms with E-state index in [-0.39, 0.29) is 12.0 Å². The molecule has 0 radical (unpaired) electrons. The maximum Gasteiger partial charge on any atom is 0.272 e. The smallest absolute Gasteiger partial charge is 0.272 e. The third-order valence-electron chi connectivity index (χ3n) is 4.62. The van der Waals surface area contributed by atoms with Crippen LogP contribution in [0, 0.1) is 0 Å². The Bertz CT molecular complexity index is 1270. The van der Waals surface area contributed by atoms with Crippen LogP contribution in [0.4, 0.5) is 0 Å². The van der Waals surface area contributed by atoms with Gasteiger partial charge in [-0.05, 0) is 62.4 Å². The minimum atomic E-state index is -0.324. The zero-order valence-electron chi connectivity index (χ0n) is 17.9. The number of allylic oxidation sites excluding steroid dienone is 1. The molecule has 1 amide bonds. The summed E-state index contributed by atoms with van der Waals surface area (Å²) in [5.41, 5.74) is 5.27. The van der Waals surface area contributed by atoms with Crippen molar-refractivity contribution in [1.82, 2.24) is 10.4 Å². The molecule has 0 bridgehead atoms. The number of ether oxygens (including phenoxy) is 1. The lowest BCUT2D eigenvalue weighted by Crippen LogP contribution is -2.18. The summed E-state index contributed by atoms with van der Waals surface area (Å²) in [6, 6.07) is 20.6. The number of furan rings is 1. The van der Waals surface area contributed by atoms with Gasteiger partial charge in [0.1, 0.15) is 11.5 Å². The second-order valence-electron chi connectivity index (χ2n) is 7.33. The van der Waals surface area contributed by atoms with Gasteiger partial charge in [0, 0.05) is 17.2 Å². The van der Waals surface area contributed by atoms with E-state index in [1.54, 1.807) is 30.5 Å². The van der Waals surface area contributed by atoms with Crippen LogP contribution in [0.15, 0.2) is 88.6 Å². The molecule has 32 heavy (non-hydrogen) atoms. The Kier molecular flexibility index (Phi) is 6.41. The predicted octanol–water partition coefficient (Wildman–Crippen LogP) is 5.71. The number of aromatic nitrogens is 1. The van der Waals surface area contributed by atoms with E-state index in [2.05, 4.69) is 10.5 Å². The van der Waals surface area contributed by atoms with Gasteiger partial charge in [-0.1, -0.05) is 30.3 Å². The number of carbonyl (C=O) groups is 1. The Morgan fingerprint density at radius 1 is 1.09 bits per heavy atom. The van der Waals surface area contributed by atoms with Crippen molar-refractivity contribution in [3.63, 3.8) is 0 Å². The van der Waals surface area contributed by atoms with E-state index in [4.69, 9.17) is 14.1 Å². The normalized spacial score (nSPS) is 11.6. The molecule has 0 unspecified atom stereocenters. The third-order valence-corrected chi connectivity index (χ3v) is 4.62. The molecule has 4 aromatic rings. The summed E-state index contributed by atoms with van der Waals surface area (Å²) in [5.74, 6) is 1.10. The largest absolute Gasteiger partial charge is 0.490 e. The summed E-state index contributed by atoms with van der Waals surface area (Å²) in [5, 5.41) is 4.76. The first-order valence-electron chi connectivity index (χ1n) is 10.3. The van der Waals surface area contributed by atoms with Gasteiger partial charge in [-0.15, -0.1) is 0 Å². The highest BCUT2D eigenvalue weighted by molar-refractivity contribution is 6.07. The molecule has 2 aromatic heterocycles. The minimum absolute atomic E-state index is 0.0166. The zero-order chi connectivity index (χ0) is 22.3. The number of hydrogen-bond donors (Lipinski definition) is 1. The van der Waals surface area contributed by atoms with Gasteiger partial charge >= 0.3 is 0 Å². The van der Waals surface area contributed by atoms with E-state index in [1.807, 2.05) is 68.4 Å². The second kappa shape index (κ2) is 9.75. The Balaban J connectivity index is 1.65. The first kappa shape index (κ1) is 21.1. The lowest BCUT2D eigenvalue weighted by Gasteiger charge is -2.15. The Hall–Kier alpha value is -4.19. The number of amides is 1. The van der Waals surface area contributed by atoms with Crippen molar-refractivity contribution in [2.24, 2.45) is 5.10 Å². The molecule has 6 nitrogen and oxygen atoms in total. The number of nitrogens with one attached hydrogen (secondary N) is 1. The van der Waals surface area contributed by atoms with Crippen LogP contribution < -0.4 is 10.2 Å². The summed E-state index contributed by atoms with van der Waals surface area (Å²) in [4.78, 5) is 17.7. The van der Waals surface area contributed by atoms with E-state index < -0.39 is 0 Å². The number of rotatable bonds is 7. The van der Waals surface area contributed by atoms with Gasteiger partial charge in [0.2, 0.25) is 0 Å². The lowest BCUT2D eigenvalue weighted by molar-refractivity contribution is 0.0956. The van der Waals surface area contributed by atoms with Crippen LogP contribution in [0.25, 0.3) is 28.2 Å². The molecule has 6 heteroatoms. The van der Waals surface area contributed by atoms with Gasteiger partial charge in [-0.25, -0.2) is 10.4 Å². The van der Waals surface area contributed by atoms with E-state index in [1.165, 1.54) is 6.21 Å². The summed E-state index contributed by atoms with van der Waals surface area (Å²) in [6.07, 6.45) is 6.55. The van der Waals surface area contributed by atoms with Crippen LogP contribution in [0.1, 0.15) is 30.0 Å². The number of pyridine rings is 1. The average Bonchev–Trinajstić information content (AvgIpc) is 3.31. The topological polar surface area (TPSA) is 76.7 Å². The molecule has 2 aromatic carbocycles. The van der Waals surface area contributed by atoms with Gasteiger partial charge in [-0.3, -0.25) is 4.79 Å². The molecule has 4 rings (SSSR count). The van der Waals surface area contributed by atoms with Crippen LogP contribution in [0.3, 0.4) is 0 Å². The van der Waals surface area contributed by atoms with E-state index in [0.717, 1.165) is 22.2 Å². The fraction of sp³-hybridized carbons (Fsp3) is 0.115. The maximum atomic E-state index is 13.0. The first-order valence-corrected chi connectivity index (χ1v) is 10.3. The Labute approximate surface area is 186 Å². The minimum Gasteiger partial charge on any atom is -0.490 e. The number of para-hydroxylation sites is 2. The molecule has 160 valence electrons. The zero-order valence-corrected chi connectivity index (χ0v) is 17.9. The summed E-state index contributed by atoms with van der Waals surface area (Å²) in [7, 11) is 0. The van der Waals surface area contributed by atoms with Crippen molar-refractivity contribution in [3.8, 4) is 17.0 Å². The van der Waals surface area contributed by atoms with Gasteiger partial charge in [-0.2, -0.15) is 5.10 Å². The first-order chi connectivity index (χ1) is 15.6. The molecule has 0 aliphatic carbocycles. The van der Waals surface area contributed by atoms with Gasteiger partial charge in [0.25, 0.3) is 5.91 Å². The van der Waals surface area contributed by atoms with Gasteiger partial charge in [0.15, 0.2) is 0 Å². The summed E-state index contributed by atoms with van der Waals surface area (Å²) in [6.45, 7) is 3.95. The van der Waals surface area contributed by atoms with Crippen molar-refractivity contribution in [3.05, 3.63) is 90.4 Å². The molecule has 0 saturated heterocycles. The van der Waals surface area contributed by atoms with Gasteiger partial charge in [0.05, 0.1) is 29.1 Å². The second-order valence-corrected chi connectivity index (χ2v) is 7.33. The number of carbonyl (C=O) groups excluding carboxylic acids is 1. The summed E-state index contributed by atoms with van der Waals surface area (Å²) < 4.78 is 11.2. The highest BCUT2D eigenvalue weighted by atomic mass is 16.5. The molecule has 0 aliphatic rings. The molecule has 0 aliphatic heterocycles. The predicted molar refractivity (Wildman–Crippen MR) is 127 cm³/mol. The maximum absolute atomic E-state index is 13.0. The van der Waals surface area contributed by atoms with Crippen molar-refractivity contribution in [1.29, 1.82) is 0 Å².